The minimum absolute atomic E-state index is 0.163. The van der Waals surface area contributed by atoms with Crippen LogP contribution in [-0.4, -0.2) is 12.0 Å². The Labute approximate surface area is 116 Å². The maximum Gasteiger partial charge on any atom is 0.170 e. The summed E-state index contributed by atoms with van der Waals surface area (Å²) in [5, 5.41) is 0.681. The van der Waals surface area contributed by atoms with Crippen LogP contribution in [0.2, 0.25) is 5.02 Å². The highest BCUT2D eigenvalue weighted by Gasteiger charge is 2.12. The van der Waals surface area contributed by atoms with Crippen LogP contribution in [0.5, 0.6) is 0 Å². The van der Waals surface area contributed by atoms with Gasteiger partial charge in [-0.2, -0.15) is 0 Å². The van der Waals surface area contributed by atoms with Crippen molar-refractivity contribution >= 4 is 17.4 Å². The van der Waals surface area contributed by atoms with Crippen LogP contribution in [-0.2, 0) is 13.1 Å². The summed E-state index contributed by atoms with van der Waals surface area (Å²) >= 11 is 5.83. The van der Waals surface area contributed by atoms with Gasteiger partial charge in [-0.05, 0) is 23.8 Å². The number of anilines is 1. The quantitative estimate of drug-likeness (QED) is 0.936. The monoisotopic (exact) mass is 279 g/mol. The second-order valence-corrected chi connectivity index (χ2v) is 4.73. The van der Waals surface area contributed by atoms with E-state index in [1.54, 1.807) is 24.2 Å². The molecule has 0 aliphatic rings. The summed E-state index contributed by atoms with van der Waals surface area (Å²) in [7, 11) is 1.79. The molecule has 1 heterocycles. The van der Waals surface area contributed by atoms with Crippen LogP contribution in [0.3, 0.4) is 0 Å². The Morgan fingerprint density at radius 3 is 2.58 bits per heavy atom. The predicted molar refractivity (Wildman–Crippen MR) is 75.6 cm³/mol. The van der Waals surface area contributed by atoms with Crippen molar-refractivity contribution in [2.45, 2.75) is 13.1 Å². The molecule has 0 amide bonds. The maximum atomic E-state index is 14.1. The highest BCUT2D eigenvalue weighted by Crippen LogP contribution is 2.20. The van der Waals surface area contributed by atoms with Crippen molar-refractivity contribution in [2.75, 3.05) is 11.9 Å². The molecule has 2 aromatic rings. The van der Waals surface area contributed by atoms with Gasteiger partial charge >= 0.3 is 0 Å². The number of pyridine rings is 1. The highest BCUT2D eigenvalue weighted by molar-refractivity contribution is 6.30. The first-order valence-electron chi connectivity index (χ1n) is 5.91. The van der Waals surface area contributed by atoms with E-state index in [0.29, 0.717) is 22.9 Å². The van der Waals surface area contributed by atoms with Gasteiger partial charge in [-0.25, -0.2) is 9.37 Å². The first-order valence-corrected chi connectivity index (χ1v) is 6.28. The fourth-order valence-electron chi connectivity index (χ4n) is 1.83. The fraction of sp³-hybridized carbons (Fsp3) is 0.214. The SMILES string of the molecule is CN(Cc1ccc(Cl)cc1)c1nccc(CN)c1F. The molecule has 2 rings (SSSR count). The number of aromatic nitrogens is 1. The predicted octanol–water partition coefficient (Wildman–Crippen LogP) is 2.97. The molecule has 1 aromatic carbocycles. The smallest absolute Gasteiger partial charge is 0.170 e. The third kappa shape index (κ3) is 3.22. The molecule has 0 saturated carbocycles. The number of hydrogen-bond donors (Lipinski definition) is 1. The summed E-state index contributed by atoms with van der Waals surface area (Å²) in [4.78, 5) is 5.82. The van der Waals surface area contributed by atoms with E-state index < -0.39 is 0 Å². The van der Waals surface area contributed by atoms with Crippen molar-refractivity contribution in [3.05, 3.63) is 58.5 Å². The molecule has 3 nitrogen and oxygen atoms in total. The Bertz CT molecular complexity index is 557. The van der Waals surface area contributed by atoms with Gasteiger partial charge in [0.1, 0.15) is 0 Å². The second kappa shape index (κ2) is 5.99. The topological polar surface area (TPSA) is 42.2 Å². The van der Waals surface area contributed by atoms with Crippen LogP contribution in [0.25, 0.3) is 0 Å². The van der Waals surface area contributed by atoms with Gasteiger partial charge in [0, 0.05) is 36.9 Å². The van der Waals surface area contributed by atoms with Gasteiger partial charge in [0.05, 0.1) is 0 Å². The van der Waals surface area contributed by atoms with E-state index in [1.807, 2.05) is 24.3 Å². The van der Waals surface area contributed by atoms with Crippen molar-refractivity contribution < 1.29 is 4.39 Å². The summed E-state index contributed by atoms with van der Waals surface area (Å²) in [6.45, 7) is 0.714. The van der Waals surface area contributed by atoms with Crippen LogP contribution in [0, 0.1) is 5.82 Å². The number of benzene rings is 1. The molecule has 0 unspecified atom stereocenters. The molecule has 0 radical (unpaired) electrons. The molecule has 2 N–H and O–H groups in total. The van der Waals surface area contributed by atoms with Gasteiger partial charge in [0.2, 0.25) is 0 Å². The average molecular weight is 280 g/mol. The largest absolute Gasteiger partial charge is 0.353 e. The average Bonchev–Trinajstić information content (AvgIpc) is 2.41. The molecular weight excluding hydrogens is 265 g/mol. The molecule has 0 spiro atoms. The molecule has 0 bridgehead atoms. The first-order chi connectivity index (χ1) is 9.11. The standard InChI is InChI=1S/C14H15ClFN3/c1-19(9-10-2-4-12(15)5-3-10)14-13(16)11(8-17)6-7-18-14/h2-7H,8-9,17H2,1H3. The normalized spacial score (nSPS) is 10.5. The Kier molecular flexibility index (Phi) is 4.35. The molecule has 19 heavy (non-hydrogen) atoms. The van der Waals surface area contributed by atoms with Crippen LogP contribution >= 0.6 is 11.6 Å². The van der Waals surface area contributed by atoms with E-state index in [2.05, 4.69) is 4.98 Å². The van der Waals surface area contributed by atoms with Gasteiger partial charge in [0.15, 0.2) is 11.6 Å². The van der Waals surface area contributed by atoms with E-state index in [-0.39, 0.29) is 12.4 Å². The summed E-state index contributed by atoms with van der Waals surface area (Å²) in [5.41, 5.74) is 6.99. The Morgan fingerprint density at radius 2 is 1.95 bits per heavy atom. The third-order valence-electron chi connectivity index (χ3n) is 2.87. The minimum atomic E-state index is -0.360. The van der Waals surface area contributed by atoms with Crippen LogP contribution in [0.4, 0.5) is 10.2 Å². The van der Waals surface area contributed by atoms with Gasteiger partial charge in [-0.1, -0.05) is 23.7 Å². The minimum Gasteiger partial charge on any atom is -0.353 e. The molecule has 0 fully saturated rings. The van der Waals surface area contributed by atoms with Crippen LogP contribution in [0.1, 0.15) is 11.1 Å². The van der Waals surface area contributed by atoms with Gasteiger partial charge < -0.3 is 10.6 Å². The number of nitrogens with two attached hydrogens (primary N) is 1. The molecular formula is C14H15ClFN3. The van der Waals surface area contributed by atoms with Crippen molar-refractivity contribution in [1.29, 1.82) is 0 Å². The van der Waals surface area contributed by atoms with E-state index in [1.165, 1.54) is 0 Å². The number of rotatable bonds is 4. The molecule has 5 heteroatoms. The first kappa shape index (κ1) is 13.8. The van der Waals surface area contributed by atoms with Crippen molar-refractivity contribution in [3.63, 3.8) is 0 Å². The molecule has 100 valence electrons. The van der Waals surface area contributed by atoms with Crippen LogP contribution in [0.15, 0.2) is 36.5 Å². The molecule has 0 saturated heterocycles. The Morgan fingerprint density at radius 1 is 1.26 bits per heavy atom. The van der Waals surface area contributed by atoms with Gasteiger partial charge in [-0.3, -0.25) is 0 Å². The molecule has 0 aliphatic heterocycles. The summed E-state index contributed by atoms with van der Waals surface area (Å²) in [6.07, 6.45) is 1.57. The molecule has 0 aliphatic carbocycles. The molecule has 1 aromatic heterocycles. The third-order valence-corrected chi connectivity index (χ3v) is 3.12. The van der Waals surface area contributed by atoms with Crippen molar-refractivity contribution in [1.82, 2.24) is 4.98 Å². The van der Waals surface area contributed by atoms with Gasteiger partial charge in [-0.15, -0.1) is 0 Å². The number of hydrogen-bond acceptors (Lipinski definition) is 3. The zero-order valence-electron chi connectivity index (χ0n) is 10.6. The lowest BCUT2D eigenvalue weighted by Crippen LogP contribution is -2.20. The van der Waals surface area contributed by atoms with E-state index in [0.717, 1.165) is 5.56 Å². The lowest BCUT2D eigenvalue weighted by molar-refractivity contribution is 0.598. The van der Waals surface area contributed by atoms with Crippen LogP contribution < -0.4 is 10.6 Å². The highest BCUT2D eigenvalue weighted by atomic mass is 35.5. The van der Waals surface area contributed by atoms with Crippen molar-refractivity contribution in [2.24, 2.45) is 5.73 Å². The van der Waals surface area contributed by atoms with E-state index in [9.17, 15) is 4.39 Å². The number of nitrogens with zero attached hydrogens (tertiary/aromatic N) is 2. The lowest BCUT2D eigenvalue weighted by Gasteiger charge is -2.19. The zero-order chi connectivity index (χ0) is 13.8. The van der Waals surface area contributed by atoms with E-state index >= 15 is 0 Å². The zero-order valence-corrected chi connectivity index (χ0v) is 11.4. The number of halogens is 2. The molecule has 0 atom stereocenters. The fourth-order valence-corrected chi connectivity index (χ4v) is 1.96. The van der Waals surface area contributed by atoms with Crippen molar-refractivity contribution in [3.8, 4) is 0 Å². The lowest BCUT2D eigenvalue weighted by atomic mass is 10.2. The summed E-state index contributed by atoms with van der Waals surface area (Å²) < 4.78 is 14.1. The second-order valence-electron chi connectivity index (χ2n) is 4.29. The summed E-state index contributed by atoms with van der Waals surface area (Å²) in [6, 6.07) is 9.03. The summed E-state index contributed by atoms with van der Waals surface area (Å²) in [5.74, 6) is -0.0561. The van der Waals surface area contributed by atoms with Gasteiger partial charge in [0.25, 0.3) is 0 Å². The Hall–Kier alpha value is -1.65. The van der Waals surface area contributed by atoms with E-state index in [4.69, 9.17) is 17.3 Å². The maximum absolute atomic E-state index is 14.1. The Balaban J connectivity index is 2.20.